The second-order valence-electron chi connectivity index (χ2n) is 5.86. The first-order valence-electron chi connectivity index (χ1n) is 7.92. The van der Waals surface area contributed by atoms with Crippen molar-refractivity contribution in [2.45, 2.75) is 19.6 Å². The van der Waals surface area contributed by atoms with Crippen LogP contribution in [0.5, 0.6) is 11.6 Å². The second kappa shape index (κ2) is 6.45. The molecule has 9 heteroatoms. The maximum atomic E-state index is 13.9. The fourth-order valence-electron chi connectivity index (χ4n) is 2.65. The van der Waals surface area contributed by atoms with Crippen LogP contribution in [0, 0.1) is 5.82 Å². The van der Waals surface area contributed by atoms with E-state index in [2.05, 4.69) is 15.4 Å². The molecule has 2 aromatic heterocycles. The standard InChI is InChI=1S/C17H14ClFN4O3/c1-9-6-20-17(24)10-7-21-23-5-4-14(22-16(10)23)25-8-11-13(26-9)3-2-12(19)15(11)18/h2-5,7,9H,6,8H2,1H3,(H,20,24). The van der Waals surface area contributed by atoms with Crippen LogP contribution in [-0.2, 0) is 6.61 Å². The molecule has 134 valence electrons. The van der Waals surface area contributed by atoms with Gasteiger partial charge >= 0.3 is 0 Å². The average Bonchev–Trinajstić information content (AvgIpc) is 3.05. The van der Waals surface area contributed by atoms with Gasteiger partial charge in [-0.3, -0.25) is 4.79 Å². The minimum atomic E-state index is -0.565. The van der Waals surface area contributed by atoms with Crippen LogP contribution in [0.25, 0.3) is 5.65 Å². The Kier molecular flexibility index (Phi) is 4.12. The number of ether oxygens (including phenoxy) is 2. The summed E-state index contributed by atoms with van der Waals surface area (Å²) in [6.45, 7) is 1.99. The number of carbonyl (C=O) groups is 1. The summed E-state index contributed by atoms with van der Waals surface area (Å²) in [6.07, 6.45) is 2.69. The Morgan fingerprint density at radius 1 is 1.38 bits per heavy atom. The van der Waals surface area contributed by atoms with Gasteiger partial charge in [-0.25, -0.2) is 8.91 Å². The van der Waals surface area contributed by atoms with Crippen LogP contribution >= 0.6 is 11.6 Å². The molecule has 2 bridgehead atoms. The molecule has 4 rings (SSSR count). The molecule has 0 aliphatic carbocycles. The summed E-state index contributed by atoms with van der Waals surface area (Å²) in [5.41, 5.74) is 1.06. The van der Waals surface area contributed by atoms with Crippen LogP contribution in [0.4, 0.5) is 4.39 Å². The second-order valence-corrected chi connectivity index (χ2v) is 6.24. The summed E-state index contributed by atoms with van der Waals surface area (Å²) < 4.78 is 26.8. The first-order valence-corrected chi connectivity index (χ1v) is 8.29. The molecule has 7 nitrogen and oxygen atoms in total. The molecule has 1 aromatic carbocycles. The molecule has 1 amide bonds. The number of carbonyl (C=O) groups excluding carboxylic acids is 1. The third-order valence-corrected chi connectivity index (χ3v) is 4.39. The van der Waals surface area contributed by atoms with E-state index < -0.39 is 5.82 Å². The van der Waals surface area contributed by atoms with Crippen molar-refractivity contribution in [1.82, 2.24) is 19.9 Å². The highest BCUT2D eigenvalue weighted by Gasteiger charge is 2.20. The van der Waals surface area contributed by atoms with Gasteiger partial charge < -0.3 is 14.8 Å². The molecule has 3 aromatic rings. The van der Waals surface area contributed by atoms with Gasteiger partial charge in [-0.1, -0.05) is 11.6 Å². The number of rotatable bonds is 0. The van der Waals surface area contributed by atoms with Crippen molar-refractivity contribution in [2.24, 2.45) is 0 Å². The Hall–Kier alpha value is -2.87. The third-order valence-electron chi connectivity index (χ3n) is 3.98. The molecule has 1 N–H and O–H groups in total. The largest absolute Gasteiger partial charge is 0.488 e. The number of amides is 1. The monoisotopic (exact) mass is 376 g/mol. The Bertz CT molecular complexity index is 1010. The van der Waals surface area contributed by atoms with Crippen molar-refractivity contribution < 1.29 is 18.7 Å². The molecule has 1 aliphatic heterocycles. The van der Waals surface area contributed by atoms with E-state index in [1.807, 2.05) is 0 Å². The maximum absolute atomic E-state index is 13.9. The number of benzene rings is 1. The normalized spacial score (nSPS) is 17.3. The number of fused-ring (bicyclic) bond motifs is 2. The molecule has 1 unspecified atom stereocenters. The van der Waals surface area contributed by atoms with Gasteiger partial charge in [-0.05, 0) is 19.1 Å². The first-order chi connectivity index (χ1) is 12.5. The third kappa shape index (κ3) is 2.92. The zero-order chi connectivity index (χ0) is 18.3. The summed E-state index contributed by atoms with van der Waals surface area (Å²) in [7, 11) is 0. The zero-order valence-electron chi connectivity index (χ0n) is 13.7. The van der Waals surface area contributed by atoms with Crippen LogP contribution in [0.15, 0.2) is 30.6 Å². The van der Waals surface area contributed by atoms with Gasteiger partial charge in [0, 0.05) is 12.3 Å². The molecule has 26 heavy (non-hydrogen) atoms. The van der Waals surface area contributed by atoms with Gasteiger partial charge in [-0.15, -0.1) is 0 Å². The lowest BCUT2D eigenvalue weighted by Crippen LogP contribution is -2.33. The van der Waals surface area contributed by atoms with E-state index in [4.69, 9.17) is 21.1 Å². The predicted molar refractivity (Wildman–Crippen MR) is 91.2 cm³/mol. The van der Waals surface area contributed by atoms with E-state index in [1.165, 1.54) is 22.8 Å². The number of nitrogens with zero attached hydrogens (tertiary/aromatic N) is 3. The van der Waals surface area contributed by atoms with E-state index in [0.29, 0.717) is 22.5 Å². The maximum Gasteiger partial charge on any atom is 0.256 e. The van der Waals surface area contributed by atoms with Gasteiger partial charge in [0.2, 0.25) is 5.88 Å². The van der Waals surface area contributed by atoms with Gasteiger partial charge in [0.25, 0.3) is 5.91 Å². The average molecular weight is 377 g/mol. The summed E-state index contributed by atoms with van der Waals surface area (Å²) in [5.74, 6) is -0.242. The molecule has 1 aliphatic rings. The molecular formula is C17H14ClFN4O3. The molecule has 0 fully saturated rings. The lowest BCUT2D eigenvalue weighted by Gasteiger charge is -2.18. The van der Waals surface area contributed by atoms with E-state index >= 15 is 0 Å². The van der Waals surface area contributed by atoms with Crippen molar-refractivity contribution in [1.29, 1.82) is 0 Å². The Morgan fingerprint density at radius 2 is 2.23 bits per heavy atom. The summed E-state index contributed by atoms with van der Waals surface area (Å²) >= 11 is 6.10. The molecule has 0 radical (unpaired) electrons. The highest BCUT2D eigenvalue weighted by molar-refractivity contribution is 6.31. The first kappa shape index (κ1) is 16.6. The summed E-state index contributed by atoms with van der Waals surface area (Å²) in [5, 5.41) is 6.81. The molecule has 0 spiro atoms. The summed E-state index contributed by atoms with van der Waals surface area (Å²) in [4.78, 5) is 16.7. The fraction of sp³-hybridized carbons (Fsp3) is 0.235. The van der Waals surface area contributed by atoms with Gasteiger partial charge in [0.1, 0.15) is 29.8 Å². The van der Waals surface area contributed by atoms with Gasteiger partial charge in [0.05, 0.1) is 23.3 Å². The lowest BCUT2D eigenvalue weighted by molar-refractivity contribution is 0.0933. The zero-order valence-corrected chi connectivity index (χ0v) is 14.5. The molecule has 0 saturated carbocycles. The SMILES string of the molecule is CC1CNC(=O)c2cnn3ccc(nc23)OCc2c(ccc(F)c2Cl)O1. The van der Waals surface area contributed by atoms with Crippen molar-refractivity contribution in [3.05, 3.63) is 52.6 Å². The Morgan fingerprint density at radius 3 is 3.08 bits per heavy atom. The highest BCUT2D eigenvalue weighted by atomic mass is 35.5. The number of nitrogens with one attached hydrogen (secondary N) is 1. The number of hydrogen-bond acceptors (Lipinski definition) is 5. The quantitative estimate of drug-likeness (QED) is 0.652. The summed E-state index contributed by atoms with van der Waals surface area (Å²) in [6, 6.07) is 4.31. The Labute approximate surface area is 152 Å². The van der Waals surface area contributed by atoms with Crippen molar-refractivity contribution in [3.8, 4) is 11.6 Å². The number of halogens is 2. The van der Waals surface area contributed by atoms with Crippen LogP contribution in [0.2, 0.25) is 5.02 Å². The van der Waals surface area contributed by atoms with Crippen LogP contribution < -0.4 is 14.8 Å². The smallest absolute Gasteiger partial charge is 0.256 e. The van der Waals surface area contributed by atoms with Gasteiger partial charge in [0.15, 0.2) is 5.65 Å². The van der Waals surface area contributed by atoms with E-state index in [-0.39, 0.29) is 36.1 Å². The number of aromatic nitrogens is 3. The van der Waals surface area contributed by atoms with Crippen LogP contribution in [0.3, 0.4) is 0 Å². The van der Waals surface area contributed by atoms with Crippen LogP contribution in [-0.4, -0.2) is 33.2 Å². The predicted octanol–water partition coefficient (Wildman–Crippen LogP) is 2.61. The minimum absolute atomic E-state index is 0.0351. The van der Waals surface area contributed by atoms with Crippen molar-refractivity contribution in [3.63, 3.8) is 0 Å². The molecular weight excluding hydrogens is 363 g/mol. The lowest BCUT2D eigenvalue weighted by atomic mass is 10.2. The van der Waals surface area contributed by atoms with E-state index in [0.717, 1.165) is 0 Å². The molecule has 1 atom stereocenters. The molecule has 0 saturated heterocycles. The van der Waals surface area contributed by atoms with E-state index in [1.54, 1.807) is 19.2 Å². The van der Waals surface area contributed by atoms with Crippen molar-refractivity contribution >= 4 is 23.2 Å². The van der Waals surface area contributed by atoms with Gasteiger partial charge in [-0.2, -0.15) is 10.1 Å². The van der Waals surface area contributed by atoms with E-state index in [9.17, 15) is 9.18 Å². The fourth-order valence-corrected chi connectivity index (χ4v) is 2.86. The Balaban J connectivity index is 1.80. The van der Waals surface area contributed by atoms with Crippen LogP contribution in [0.1, 0.15) is 22.8 Å². The van der Waals surface area contributed by atoms with Crippen molar-refractivity contribution in [2.75, 3.05) is 6.54 Å². The molecule has 3 heterocycles. The number of hydrogen-bond donors (Lipinski definition) is 1. The minimum Gasteiger partial charge on any atom is -0.488 e. The highest BCUT2D eigenvalue weighted by Crippen LogP contribution is 2.31. The topological polar surface area (TPSA) is 77.8 Å².